The van der Waals surface area contributed by atoms with Crippen LogP contribution < -0.4 is 10.1 Å². The summed E-state index contributed by atoms with van der Waals surface area (Å²) in [5.41, 5.74) is -0.837. The van der Waals surface area contributed by atoms with Gasteiger partial charge in [-0.25, -0.2) is 0 Å². The summed E-state index contributed by atoms with van der Waals surface area (Å²) in [5.74, 6) is 0.804. The van der Waals surface area contributed by atoms with Gasteiger partial charge in [0.05, 0.1) is 7.11 Å². The fourth-order valence-electron chi connectivity index (χ4n) is 2.02. The first-order valence-corrected chi connectivity index (χ1v) is 7.80. The molecule has 0 saturated heterocycles. The maximum atomic E-state index is 11.5. The number of carboxylic acid groups (broad SMARTS) is 1. The van der Waals surface area contributed by atoms with Crippen molar-refractivity contribution in [1.82, 2.24) is 5.32 Å². The fourth-order valence-corrected chi connectivity index (χ4v) is 3.22. The number of methoxy groups -OCH3 is 1. The average molecular weight is 295 g/mol. The van der Waals surface area contributed by atoms with E-state index in [1.807, 2.05) is 24.3 Å². The molecule has 0 heterocycles. The number of carbonyl (C=O) groups is 1. The lowest BCUT2D eigenvalue weighted by atomic mass is 9.99. The molecular weight excluding hydrogens is 274 g/mol. The van der Waals surface area contributed by atoms with Crippen molar-refractivity contribution in [2.75, 3.05) is 12.9 Å². The normalized spacial score (nSPS) is 17.5. The predicted molar refractivity (Wildman–Crippen MR) is 80.5 cm³/mol. The van der Waals surface area contributed by atoms with Crippen LogP contribution in [-0.2, 0) is 4.79 Å². The zero-order chi connectivity index (χ0) is 14.6. The van der Waals surface area contributed by atoms with Crippen molar-refractivity contribution in [1.29, 1.82) is 0 Å². The Balaban J connectivity index is 1.91. The summed E-state index contributed by atoms with van der Waals surface area (Å²) in [5, 5.41) is 12.6. The predicted octanol–water partition coefficient (Wildman–Crippen LogP) is 2.77. The molecule has 0 bridgehead atoms. The average Bonchev–Trinajstić information content (AvgIpc) is 3.23. The topological polar surface area (TPSA) is 58.6 Å². The molecular formula is C15H21NO3S. The first-order valence-electron chi connectivity index (χ1n) is 6.82. The van der Waals surface area contributed by atoms with Crippen molar-refractivity contribution in [3.63, 3.8) is 0 Å². The number of rotatable bonds is 8. The molecule has 110 valence electrons. The van der Waals surface area contributed by atoms with E-state index in [0.717, 1.165) is 29.2 Å². The summed E-state index contributed by atoms with van der Waals surface area (Å²) in [6, 6.07) is 8.19. The first-order chi connectivity index (χ1) is 9.55. The second-order valence-electron chi connectivity index (χ2n) is 5.31. The summed E-state index contributed by atoms with van der Waals surface area (Å²) in [4.78, 5) is 12.5. The monoisotopic (exact) mass is 295 g/mol. The number of ether oxygens (including phenoxy) is 1. The molecule has 0 aliphatic heterocycles. The molecule has 0 amide bonds. The first kappa shape index (κ1) is 15.2. The van der Waals surface area contributed by atoms with E-state index in [0.29, 0.717) is 12.5 Å². The number of nitrogens with one attached hydrogen (secondary N) is 1. The summed E-state index contributed by atoms with van der Waals surface area (Å²) in [7, 11) is 1.65. The molecule has 0 radical (unpaired) electrons. The van der Waals surface area contributed by atoms with Crippen molar-refractivity contribution in [2.45, 2.75) is 42.7 Å². The van der Waals surface area contributed by atoms with Crippen LogP contribution >= 0.6 is 11.8 Å². The Kier molecular flexibility index (Phi) is 4.94. The highest BCUT2D eigenvalue weighted by atomic mass is 32.2. The number of carboxylic acids is 1. The molecule has 20 heavy (non-hydrogen) atoms. The van der Waals surface area contributed by atoms with E-state index in [9.17, 15) is 9.90 Å². The Hall–Kier alpha value is -1.20. The maximum Gasteiger partial charge on any atom is 0.323 e. The van der Waals surface area contributed by atoms with E-state index in [1.165, 1.54) is 0 Å². The molecule has 1 atom stereocenters. The van der Waals surface area contributed by atoms with Crippen LogP contribution in [-0.4, -0.2) is 35.5 Å². The Morgan fingerprint density at radius 3 is 2.80 bits per heavy atom. The van der Waals surface area contributed by atoms with Gasteiger partial charge in [-0.3, -0.25) is 10.1 Å². The van der Waals surface area contributed by atoms with Gasteiger partial charge in [-0.05, 0) is 38.3 Å². The van der Waals surface area contributed by atoms with Crippen molar-refractivity contribution in [3.05, 3.63) is 24.3 Å². The van der Waals surface area contributed by atoms with Crippen molar-refractivity contribution in [2.24, 2.45) is 0 Å². The van der Waals surface area contributed by atoms with Crippen LogP contribution in [0.25, 0.3) is 0 Å². The summed E-state index contributed by atoms with van der Waals surface area (Å²) >= 11 is 1.64. The number of aliphatic carboxylic acids is 1. The van der Waals surface area contributed by atoms with Crippen LogP contribution in [0.3, 0.4) is 0 Å². The van der Waals surface area contributed by atoms with Crippen LogP contribution in [0.15, 0.2) is 29.2 Å². The van der Waals surface area contributed by atoms with E-state index < -0.39 is 11.5 Å². The van der Waals surface area contributed by atoms with Gasteiger partial charge in [-0.2, -0.15) is 0 Å². The van der Waals surface area contributed by atoms with E-state index >= 15 is 0 Å². The molecule has 1 aliphatic rings. The van der Waals surface area contributed by atoms with Crippen molar-refractivity contribution in [3.8, 4) is 5.75 Å². The number of thioether (sulfide) groups is 1. The van der Waals surface area contributed by atoms with Crippen LogP contribution in [0.2, 0.25) is 0 Å². The second-order valence-corrected chi connectivity index (χ2v) is 6.44. The minimum Gasteiger partial charge on any atom is -0.496 e. The fraction of sp³-hybridized carbons (Fsp3) is 0.533. The minimum absolute atomic E-state index is 0.382. The third kappa shape index (κ3) is 3.90. The standard InChI is InChI=1S/C15H21NO3S/c1-15(14(17)18,16-11-7-8-11)9-10-20-13-6-4-3-5-12(13)19-2/h3-6,11,16H,7-10H2,1-2H3,(H,17,18). The Bertz CT molecular complexity index is 476. The quantitative estimate of drug-likeness (QED) is 0.722. The van der Waals surface area contributed by atoms with E-state index in [4.69, 9.17) is 4.74 Å². The third-order valence-electron chi connectivity index (χ3n) is 3.50. The van der Waals surface area contributed by atoms with Gasteiger partial charge in [0.1, 0.15) is 11.3 Å². The summed E-state index contributed by atoms with van der Waals surface area (Å²) < 4.78 is 5.30. The molecule has 1 saturated carbocycles. The molecule has 0 spiro atoms. The number of para-hydroxylation sites is 1. The van der Waals surface area contributed by atoms with Gasteiger partial charge in [-0.15, -0.1) is 11.8 Å². The molecule has 4 nitrogen and oxygen atoms in total. The number of hydrogen-bond acceptors (Lipinski definition) is 4. The van der Waals surface area contributed by atoms with Gasteiger partial charge in [0.2, 0.25) is 0 Å². The SMILES string of the molecule is COc1ccccc1SCCC(C)(NC1CC1)C(=O)O. The van der Waals surface area contributed by atoms with Gasteiger partial charge >= 0.3 is 5.97 Å². The lowest BCUT2D eigenvalue weighted by Gasteiger charge is -2.26. The maximum absolute atomic E-state index is 11.5. The highest BCUT2D eigenvalue weighted by Gasteiger charge is 2.38. The van der Waals surface area contributed by atoms with Gasteiger partial charge in [0.15, 0.2) is 0 Å². The molecule has 1 aromatic rings. The van der Waals surface area contributed by atoms with Crippen LogP contribution in [0, 0.1) is 0 Å². The smallest absolute Gasteiger partial charge is 0.323 e. The molecule has 2 rings (SSSR count). The molecule has 5 heteroatoms. The minimum atomic E-state index is -0.837. The zero-order valence-electron chi connectivity index (χ0n) is 11.9. The Morgan fingerprint density at radius 1 is 1.50 bits per heavy atom. The zero-order valence-corrected chi connectivity index (χ0v) is 12.7. The van der Waals surface area contributed by atoms with Gasteiger partial charge in [0.25, 0.3) is 0 Å². The van der Waals surface area contributed by atoms with Gasteiger partial charge in [-0.1, -0.05) is 12.1 Å². The third-order valence-corrected chi connectivity index (χ3v) is 4.56. The van der Waals surface area contributed by atoms with Crippen LogP contribution in [0.4, 0.5) is 0 Å². The highest BCUT2D eigenvalue weighted by Crippen LogP contribution is 2.31. The van der Waals surface area contributed by atoms with Crippen LogP contribution in [0.5, 0.6) is 5.75 Å². The second kappa shape index (κ2) is 6.50. The number of benzene rings is 1. The molecule has 1 fully saturated rings. The lowest BCUT2D eigenvalue weighted by molar-refractivity contribution is -0.144. The van der Waals surface area contributed by atoms with E-state index in [1.54, 1.807) is 25.8 Å². The molecule has 1 aliphatic carbocycles. The summed E-state index contributed by atoms with van der Waals surface area (Å²) in [6.45, 7) is 1.77. The van der Waals surface area contributed by atoms with Crippen molar-refractivity contribution < 1.29 is 14.6 Å². The molecule has 1 aromatic carbocycles. The number of hydrogen-bond donors (Lipinski definition) is 2. The van der Waals surface area contributed by atoms with Crippen molar-refractivity contribution >= 4 is 17.7 Å². The molecule has 1 unspecified atom stereocenters. The molecule has 2 N–H and O–H groups in total. The van der Waals surface area contributed by atoms with Gasteiger partial charge < -0.3 is 9.84 Å². The van der Waals surface area contributed by atoms with Crippen LogP contribution in [0.1, 0.15) is 26.2 Å². The summed E-state index contributed by atoms with van der Waals surface area (Å²) in [6.07, 6.45) is 2.76. The van der Waals surface area contributed by atoms with E-state index in [2.05, 4.69) is 5.32 Å². The highest BCUT2D eigenvalue weighted by molar-refractivity contribution is 7.99. The van der Waals surface area contributed by atoms with Gasteiger partial charge in [0, 0.05) is 16.7 Å². The Labute approximate surface area is 123 Å². The Morgan fingerprint density at radius 2 is 2.20 bits per heavy atom. The van der Waals surface area contributed by atoms with E-state index in [-0.39, 0.29) is 0 Å². The lowest BCUT2D eigenvalue weighted by Crippen LogP contribution is -2.50. The molecule has 0 aromatic heterocycles. The largest absolute Gasteiger partial charge is 0.496 e.